The van der Waals surface area contributed by atoms with Crippen molar-refractivity contribution in [3.63, 3.8) is 0 Å². The highest BCUT2D eigenvalue weighted by atomic mass is 32.1. The van der Waals surface area contributed by atoms with Gasteiger partial charge < -0.3 is 5.32 Å². The normalized spacial score (nSPS) is 11.4. The number of aromatic nitrogens is 3. The number of nitrogens with one attached hydrogen (secondary N) is 1. The van der Waals surface area contributed by atoms with Crippen LogP contribution in [0.4, 0.5) is 0 Å². The Balaban J connectivity index is 1.76. The van der Waals surface area contributed by atoms with Crippen molar-refractivity contribution in [2.45, 2.75) is 26.3 Å². The van der Waals surface area contributed by atoms with Crippen LogP contribution in [0.2, 0.25) is 0 Å². The zero-order valence-corrected chi connectivity index (χ0v) is 15.0. The fourth-order valence-electron chi connectivity index (χ4n) is 2.58. The molecular formula is C17H20N4O2S. The molecule has 0 spiro atoms. The van der Waals surface area contributed by atoms with Crippen molar-refractivity contribution in [3.8, 4) is 0 Å². The molecule has 2 heterocycles. The van der Waals surface area contributed by atoms with Crippen LogP contribution < -0.4 is 11.0 Å². The Morgan fingerprint density at radius 1 is 1.25 bits per heavy atom. The number of rotatable bonds is 4. The summed E-state index contributed by atoms with van der Waals surface area (Å²) in [5.41, 5.74) is 3.54. The van der Waals surface area contributed by atoms with Crippen LogP contribution in [-0.2, 0) is 20.6 Å². The highest BCUT2D eigenvalue weighted by Crippen LogP contribution is 2.18. The number of hydrogen-bond donors (Lipinski definition) is 1. The lowest BCUT2D eigenvalue weighted by atomic mass is 10.2. The molecule has 3 rings (SSSR count). The van der Waals surface area contributed by atoms with Gasteiger partial charge in [0.25, 0.3) is 5.91 Å². The topological polar surface area (TPSA) is 68.9 Å². The maximum atomic E-state index is 12.2. The average Bonchev–Trinajstić information content (AvgIpc) is 3.14. The fourth-order valence-corrected chi connectivity index (χ4v) is 3.47. The standard InChI is InChI=1S/C17H20N4O2S/c1-10(2)12-9-24-16(19-12)15(22)18-8-11-5-6-13-14(7-11)21(4)17(23)20(13)3/h5-7,9-10H,8H2,1-4H3,(H,18,22). The molecule has 24 heavy (non-hydrogen) atoms. The van der Waals surface area contributed by atoms with E-state index < -0.39 is 0 Å². The van der Waals surface area contributed by atoms with Crippen molar-refractivity contribution in [2.24, 2.45) is 14.1 Å². The second-order valence-electron chi connectivity index (χ2n) is 6.14. The van der Waals surface area contributed by atoms with Gasteiger partial charge in [0.2, 0.25) is 0 Å². The van der Waals surface area contributed by atoms with Crippen LogP contribution >= 0.6 is 11.3 Å². The maximum absolute atomic E-state index is 12.2. The molecule has 0 saturated heterocycles. The Hall–Kier alpha value is -2.41. The van der Waals surface area contributed by atoms with Crippen LogP contribution in [0.15, 0.2) is 28.4 Å². The first-order valence-electron chi connectivity index (χ1n) is 7.76. The van der Waals surface area contributed by atoms with Gasteiger partial charge in [-0.3, -0.25) is 13.9 Å². The van der Waals surface area contributed by atoms with E-state index in [0.29, 0.717) is 17.5 Å². The Morgan fingerprint density at radius 3 is 2.62 bits per heavy atom. The van der Waals surface area contributed by atoms with Gasteiger partial charge in [0.05, 0.1) is 16.7 Å². The molecular weight excluding hydrogens is 324 g/mol. The van der Waals surface area contributed by atoms with Gasteiger partial charge >= 0.3 is 5.69 Å². The summed E-state index contributed by atoms with van der Waals surface area (Å²) in [5, 5.41) is 5.29. The molecule has 0 atom stereocenters. The SMILES string of the molecule is CC(C)c1csc(C(=O)NCc2ccc3c(c2)n(C)c(=O)n3C)n1. The molecule has 6 nitrogen and oxygen atoms in total. The number of carbonyl (C=O) groups is 1. The molecule has 1 aromatic carbocycles. The summed E-state index contributed by atoms with van der Waals surface area (Å²) < 4.78 is 3.22. The van der Waals surface area contributed by atoms with E-state index in [1.807, 2.05) is 23.6 Å². The van der Waals surface area contributed by atoms with Crippen LogP contribution in [0.1, 0.15) is 40.8 Å². The van der Waals surface area contributed by atoms with E-state index >= 15 is 0 Å². The van der Waals surface area contributed by atoms with Gasteiger partial charge in [-0.25, -0.2) is 9.78 Å². The van der Waals surface area contributed by atoms with Crippen molar-refractivity contribution in [2.75, 3.05) is 0 Å². The average molecular weight is 344 g/mol. The molecule has 7 heteroatoms. The fraction of sp³-hybridized carbons (Fsp3) is 0.353. The van der Waals surface area contributed by atoms with E-state index in [2.05, 4.69) is 24.1 Å². The molecule has 0 bridgehead atoms. The number of fused-ring (bicyclic) bond motifs is 1. The van der Waals surface area contributed by atoms with Gasteiger partial charge in [-0.15, -0.1) is 11.3 Å². The van der Waals surface area contributed by atoms with E-state index in [1.165, 1.54) is 11.3 Å². The van der Waals surface area contributed by atoms with E-state index in [-0.39, 0.29) is 11.6 Å². The Labute approximate surface area is 143 Å². The van der Waals surface area contributed by atoms with Gasteiger partial charge in [0, 0.05) is 26.0 Å². The van der Waals surface area contributed by atoms with Crippen molar-refractivity contribution in [1.82, 2.24) is 19.4 Å². The molecule has 2 aromatic heterocycles. The number of benzene rings is 1. The zero-order chi connectivity index (χ0) is 17.4. The second-order valence-corrected chi connectivity index (χ2v) is 7.00. The number of nitrogens with zero attached hydrogens (tertiary/aromatic N) is 3. The molecule has 0 unspecified atom stereocenters. The molecule has 126 valence electrons. The van der Waals surface area contributed by atoms with Crippen LogP contribution in [0.25, 0.3) is 11.0 Å². The lowest BCUT2D eigenvalue weighted by Gasteiger charge is -2.05. The van der Waals surface area contributed by atoms with Crippen molar-refractivity contribution < 1.29 is 4.79 Å². The molecule has 0 aliphatic rings. The summed E-state index contributed by atoms with van der Waals surface area (Å²) in [6, 6.07) is 5.75. The maximum Gasteiger partial charge on any atom is 0.328 e. The Bertz CT molecular complexity index is 965. The smallest absolute Gasteiger partial charge is 0.328 e. The zero-order valence-electron chi connectivity index (χ0n) is 14.2. The quantitative estimate of drug-likeness (QED) is 0.790. The second kappa shape index (κ2) is 6.24. The number of carbonyl (C=O) groups excluding carboxylic acids is 1. The Morgan fingerprint density at radius 2 is 1.96 bits per heavy atom. The summed E-state index contributed by atoms with van der Waals surface area (Å²) >= 11 is 1.36. The van der Waals surface area contributed by atoms with Crippen molar-refractivity contribution >= 4 is 28.3 Å². The first-order valence-corrected chi connectivity index (χ1v) is 8.64. The van der Waals surface area contributed by atoms with Crippen molar-refractivity contribution in [1.29, 1.82) is 0 Å². The first kappa shape index (κ1) is 16.4. The monoisotopic (exact) mass is 344 g/mol. The summed E-state index contributed by atoms with van der Waals surface area (Å²) in [6.07, 6.45) is 0. The van der Waals surface area contributed by atoms with Gasteiger partial charge in [0.15, 0.2) is 5.01 Å². The third-order valence-electron chi connectivity index (χ3n) is 4.10. The highest BCUT2D eigenvalue weighted by Gasteiger charge is 2.13. The lowest BCUT2D eigenvalue weighted by molar-refractivity contribution is 0.0950. The Kier molecular flexibility index (Phi) is 4.28. The number of aryl methyl sites for hydroxylation is 2. The van der Waals surface area contributed by atoms with E-state index in [4.69, 9.17) is 0 Å². The first-order chi connectivity index (χ1) is 11.4. The number of thiazole rings is 1. The summed E-state index contributed by atoms with van der Waals surface area (Å²) in [5.74, 6) is 0.138. The summed E-state index contributed by atoms with van der Waals surface area (Å²) in [7, 11) is 3.50. The van der Waals surface area contributed by atoms with E-state index in [1.54, 1.807) is 23.2 Å². The van der Waals surface area contributed by atoms with E-state index in [0.717, 1.165) is 22.3 Å². The minimum Gasteiger partial charge on any atom is -0.346 e. The lowest BCUT2D eigenvalue weighted by Crippen LogP contribution is -2.22. The highest BCUT2D eigenvalue weighted by molar-refractivity contribution is 7.11. The van der Waals surface area contributed by atoms with Crippen LogP contribution in [-0.4, -0.2) is 20.0 Å². The van der Waals surface area contributed by atoms with Crippen LogP contribution in [0.5, 0.6) is 0 Å². The molecule has 0 aliphatic heterocycles. The van der Waals surface area contributed by atoms with Crippen molar-refractivity contribution in [3.05, 3.63) is 50.3 Å². The number of amides is 1. The van der Waals surface area contributed by atoms with Gasteiger partial charge in [-0.2, -0.15) is 0 Å². The molecule has 0 radical (unpaired) electrons. The van der Waals surface area contributed by atoms with Gasteiger partial charge in [0.1, 0.15) is 0 Å². The predicted molar refractivity (Wildman–Crippen MR) is 95.5 cm³/mol. The molecule has 1 N–H and O–H groups in total. The van der Waals surface area contributed by atoms with Gasteiger partial charge in [-0.1, -0.05) is 19.9 Å². The molecule has 3 aromatic rings. The van der Waals surface area contributed by atoms with E-state index in [9.17, 15) is 9.59 Å². The summed E-state index contributed by atoms with van der Waals surface area (Å²) in [4.78, 5) is 28.5. The molecule has 1 amide bonds. The third kappa shape index (κ3) is 2.87. The molecule has 0 aliphatic carbocycles. The number of imidazole rings is 1. The predicted octanol–water partition coefficient (Wildman–Crippen LogP) is 2.39. The molecule has 0 fully saturated rings. The van der Waals surface area contributed by atoms with Gasteiger partial charge in [-0.05, 0) is 23.6 Å². The largest absolute Gasteiger partial charge is 0.346 e. The van der Waals surface area contributed by atoms with Crippen LogP contribution in [0.3, 0.4) is 0 Å². The minimum atomic E-state index is -0.172. The molecule has 0 saturated carbocycles. The minimum absolute atomic E-state index is 0.0600. The third-order valence-corrected chi connectivity index (χ3v) is 4.96. The van der Waals surface area contributed by atoms with Crippen LogP contribution in [0, 0.1) is 0 Å². The summed E-state index contributed by atoms with van der Waals surface area (Å²) in [6.45, 7) is 4.50. The number of hydrogen-bond acceptors (Lipinski definition) is 4.